The summed E-state index contributed by atoms with van der Waals surface area (Å²) in [7, 11) is 0. The van der Waals surface area contributed by atoms with Gasteiger partial charge < -0.3 is 9.64 Å². The summed E-state index contributed by atoms with van der Waals surface area (Å²) < 4.78 is 5.36. The van der Waals surface area contributed by atoms with Crippen molar-refractivity contribution in [3.05, 3.63) is 60.2 Å². The number of carbonyl (C=O) groups is 2. The van der Waals surface area contributed by atoms with Crippen molar-refractivity contribution >= 4 is 23.4 Å². The van der Waals surface area contributed by atoms with E-state index < -0.39 is 0 Å². The molecule has 8 heteroatoms. The van der Waals surface area contributed by atoms with Gasteiger partial charge in [0.1, 0.15) is 0 Å². The number of piperazine rings is 1. The van der Waals surface area contributed by atoms with Gasteiger partial charge in [-0.05, 0) is 50.6 Å². The zero-order valence-corrected chi connectivity index (χ0v) is 20.3. The summed E-state index contributed by atoms with van der Waals surface area (Å²) in [6, 6.07) is 18.2. The molecule has 0 spiro atoms. The molecule has 1 atom stereocenters. The van der Waals surface area contributed by atoms with Crippen LogP contribution in [-0.4, -0.2) is 74.0 Å². The number of amides is 2. The van der Waals surface area contributed by atoms with Crippen molar-refractivity contribution in [3.63, 3.8) is 0 Å². The van der Waals surface area contributed by atoms with Gasteiger partial charge in [0.25, 0.3) is 0 Å². The van der Waals surface area contributed by atoms with Crippen LogP contribution in [0.3, 0.4) is 0 Å². The van der Waals surface area contributed by atoms with Crippen LogP contribution < -0.4 is 15.2 Å². The lowest BCUT2D eigenvalue weighted by Gasteiger charge is -2.37. The first kappa shape index (κ1) is 24.0. The predicted molar refractivity (Wildman–Crippen MR) is 134 cm³/mol. The molecule has 2 aliphatic rings. The number of nitrogens with zero attached hydrogens (tertiary/aromatic N) is 4. The van der Waals surface area contributed by atoms with E-state index in [9.17, 15) is 9.59 Å². The molecule has 0 aromatic heterocycles. The molecule has 0 saturated carbocycles. The highest BCUT2D eigenvalue weighted by Crippen LogP contribution is 2.25. The fourth-order valence-corrected chi connectivity index (χ4v) is 4.55. The van der Waals surface area contributed by atoms with E-state index in [1.165, 1.54) is 0 Å². The summed E-state index contributed by atoms with van der Waals surface area (Å²) in [6.07, 6.45) is 0. The van der Waals surface area contributed by atoms with Crippen LogP contribution in [-0.2, 0) is 9.53 Å². The van der Waals surface area contributed by atoms with Gasteiger partial charge in [0.05, 0.1) is 19.2 Å². The maximum atomic E-state index is 12.6. The number of rotatable bonds is 8. The fourth-order valence-electron chi connectivity index (χ4n) is 4.55. The number of esters is 1. The minimum atomic E-state index is -0.274. The second-order valence-corrected chi connectivity index (χ2v) is 9.01. The zero-order valence-electron chi connectivity index (χ0n) is 20.3. The van der Waals surface area contributed by atoms with E-state index in [1.807, 2.05) is 63.2 Å². The molecule has 34 heavy (non-hydrogen) atoms. The Bertz CT molecular complexity index is 958. The molecule has 2 aliphatic heterocycles. The number of urea groups is 1. The highest BCUT2D eigenvalue weighted by atomic mass is 16.5. The highest BCUT2D eigenvalue weighted by molar-refractivity contribution is 5.93. The molecular weight excluding hydrogens is 430 g/mol. The normalized spacial score (nSPS) is 18.0. The largest absolute Gasteiger partial charge is 0.465 e. The van der Waals surface area contributed by atoms with Crippen molar-refractivity contribution in [2.24, 2.45) is 0 Å². The topological polar surface area (TPSA) is 68.4 Å². The van der Waals surface area contributed by atoms with Crippen molar-refractivity contribution in [1.82, 2.24) is 15.3 Å². The van der Waals surface area contributed by atoms with E-state index in [2.05, 4.69) is 27.4 Å². The molecule has 182 valence electrons. The second kappa shape index (κ2) is 10.9. The van der Waals surface area contributed by atoms with E-state index in [4.69, 9.17) is 4.74 Å². The minimum Gasteiger partial charge on any atom is -0.465 e. The lowest BCUT2D eigenvalue weighted by Crippen LogP contribution is -2.48. The number of anilines is 2. The Kier molecular flexibility index (Phi) is 7.70. The molecular formula is C26H35N5O3. The van der Waals surface area contributed by atoms with E-state index in [1.54, 1.807) is 9.91 Å². The van der Waals surface area contributed by atoms with E-state index in [0.717, 1.165) is 43.1 Å². The average Bonchev–Trinajstić information content (AvgIpc) is 3.25. The predicted octanol–water partition coefficient (Wildman–Crippen LogP) is 3.27. The first-order chi connectivity index (χ1) is 16.5. The molecule has 2 heterocycles. The summed E-state index contributed by atoms with van der Waals surface area (Å²) >= 11 is 0. The van der Waals surface area contributed by atoms with Gasteiger partial charge in [-0.15, -0.1) is 0 Å². The van der Waals surface area contributed by atoms with Crippen LogP contribution in [0.15, 0.2) is 54.6 Å². The monoisotopic (exact) mass is 465 g/mol. The van der Waals surface area contributed by atoms with Crippen LogP contribution in [0.2, 0.25) is 0 Å². The molecule has 0 aliphatic carbocycles. The number of nitrogens with one attached hydrogen (secondary N) is 1. The maximum absolute atomic E-state index is 12.6. The van der Waals surface area contributed by atoms with Gasteiger partial charge in [-0.2, -0.15) is 0 Å². The smallest absolute Gasteiger partial charge is 0.340 e. The SMILES string of the molecule is CCOC(=O)C(CN1CCN(c2ccc(N3CNN(C(C)C)C3=O)cc2)CC1)c1ccccc1. The Morgan fingerprint density at radius 1 is 0.971 bits per heavy atom. The van der Waals surface area contributed by atoms with Crippen LogP contribution in [0, 0.1) is 0 Å². The molecule has 2 aromatic rings. The third-order valence-corrected chi connectivity index (χ3v) is 6.47. The Morgan fingerprint density at radius 3 is 2.21 bits per heavy atom. The minimum absolute atomic E-state index is 0.0223. The molecule has 1 N–H and O–H groups in total. The van der Waals surface area contributed by atoms with E-state index >= 15 is 0 Å². The molecule has 0 bridgehead atoms. The van der Waals surface area contributed by atoms with Crippen molar-refractivity contribution in [3.8, 4) is 0 Å². The Balaban J connectivity index is 1.34. The lowest BCUT2D eigenvalue weighted by atomic mass is 9.98. The number of hydrazine groups is 1. The zero-order chi connectivity index (χ0) is 24.1. The molecule has 2 aromatic carbocycles. The number of hydrogen-bond donors (Lipinski definition) is 1. The number of benzene rings is 2. The van der Waals surface area contributed by atoms with Crippen LogP contribution in [0.25, 0.3) is 0 Å². The molecule has 2 saturated heterocycles. The number of ether oxygens (including phenoxy) is 1. The second-order valence-electron chi connectivity index (χ2n) is 9.01. The first-order valence-electron chi connectivity index (χ1n) is 12.1. The molecule has 2 amide bonds. The van der Waals surface area contributed by atoms with Gasteiger partial charge in [0.15, 0.2) is 0 Å². The van der Waals surface area contributed by atoms with Gasteiger partial charge in [-0.1, -0.05) is 30.3 Å². The standard InChI is InChI=1S/C26H35N5O3/c1-4-34-25(32)24(21-8-6-5-7-9-21)18-28-14-16-29(17-15-28)22-10-12-23(13-11-22)30-19-27-31(20(2)3)26(30)33/h5-13,20,24,27H,4,14-19H2,1-3H3. The van der Waals surface area contributed by atoms with Gasteiger partial charge in [0, 0.05) is 50.1 Å². The molecule has 2 fully saturated rings. The van der Waals surface area contributed by atoms with Crippen molar-refractivity contribution < 1.29 is 14.3 Å². The number of carbonyl (C=O) groups excluding carboxylic acids is 2. The van der Waals surface area contributed by atoms with E-state index in [0.29, 0.717) is 19.8 Å². The van der Waals surface area contributed by atoms with Gasteiger partial charge >= 0.3 is 12.0 Å². The van der Waals surface area contributed by atoms with Crippen LogP contribution >= 0.6 is 0 Å². The van der Waals surface area contributed by atoms with Gasteiger partial charge in [0.2, 0.25) is 0 Å². The summed E-state index contributed by atoms with van der Waals surface area (Å²) in [5.74, 6) is -0.433. The fraction of sp³-hybridized carbons (Fsp3) is 0.462. The molecule has 0 radical (unpaired) electrons. The quantitative estimate of drug-likeness (QED) is 0.604. The summed E-state index contributed by atoms with van der Waals surface area (Å²) in [6.45, 7) is 10.9. The molecule has 8 nitrogen and oxygen atoms in total. The van der Waals surface area contributed by atoms with Crippen molar-refractivity contribution in [2.45, 2.75) is 32.7 Å². The van der Waals surface area contributed by atoms with Crippen LogP contribution in [0.4, 0.5) is 16.2 Å². The highest BCUT2D eigenvalue weighted by Gasteiger charge is 2.31. The summed E-state index contributed by atoms with van der Waals surface area (Å²) in [4.78, 5) is 31.7. The van der Waals surface area contributed by atoms with Crippen LogP contribution in [0.5, 0.6) is 0 Å². The molecule has 1 unspecified atom stereocenters. The molecule has 4 rings (SSSR count). The third-order valence-electron chi connectivity index (χ3n) is 6.47. The Hall–Kier alpha value is -3.10. The van der Waals surface area contributed by atoms with E-state index in [-0.39, 0.29) is 24.0 Å². The van der Waals surface area contributed by atoms with Crippen molar-refractivity contribution in [1.29, 1.82) is 0 Å². The van der Waals surface area contributed by atoms with Crippen LogP contribution in [0.1, 0.15) is 32.3 Å². The Labute approximate surface area is 202 Å². The van der Waals surface area contributed by atoms with Crippen molar-refractivity contribution in [2.75, 3.05) is 55.8 Å². The lowest BCUT2D eigenvalue weighted by molar-refractivity contribution is -0.145. The first-order valence-corrected chi connectivity index (χ1v) is 12.1. The maximum Gasteiger partial charge on any atom is 0.340 e. The third kappa shape index (κ3) is 5.34. The average molecular weight is 466 g/mol. The Morgan fingerprint density at radius 2 is 1.62 bits per heavy atom. The van der Waals surface area contributed by atoms with Gasteiger partial charge in [-0.3, -0.25) is 19.6 Å². The summed E-state index contributed by atoms with van der Waals surface area (Å²) in [5, 5.41) is 1.66. The number of hydrogen-bond acceptors (Lipinski definition) is 6. The summed E-state index contributed by atoms with van der Waals surface area (Å²) in [5.41, 5.74) is 6.18. The van der Waals surface area contributed by atoms with Gasteiger partial charge in [-0.25, -0.2) is 10.2 Å².